The smallest absolute Gasteiger partial charge is 0.293 e. The average Bonchev–Trinajstić information content (AvgIpc) is 2.43. The molecule has 110 valence electrons. The normalized spacial score (nSPS) is 10.9. The van der Waals surface area contributed by atoms with Crippen LogP contribution < -0.4 is 15.4 Å². The van der Waals surface area contributed by atoms with Crippen LogP contribution in [-0.2, 0) is 14.8 Å². The van der Waals surface area contributed by atoms with Gasteiger partial charge in [0.15, 0.2) is 0 Å². The Bertz CT molecular complexity index is 629. The lowest BCUT2D eigenvalue weighted by atomic mass is 10.3. The maximum atomic E-state index is 11.9. The number of hydrogen-bond acceptors (Lipinski definition) is 6. The molecular weight excluding hydrogens is 288 g/mol. The minimum Gasteiger partial charge on any atom is -0.383 e. The van der Waals surface area contributed by atoms with Crippen molar-refractivity contribution in [2.45, 2.75) is 4.90 Å². The molecule has 1 amide bonds. The number of rotatable bonds is 6. The molecule has 0 spiro atoms. The second-order valence-corrected chi connectivity index (χ2v) is 5.45. The maximum absolute atomic E-state index is 11.9. The number of likely N-dealkylation sites (N-methyl/N-ethyl adjacent to an activating group) is 1. The van der Waals surface area contributed by atoms with Crippen molar-refractivity contribution < 1.29 is 18.1 Å². The van der Waals surface area contributed by atoms with Crippen molar-refractivity contribution >= 4 is 27.3 Å². The molecule has 1 aromatic carbocycles. The molecule has 0 saturated heterocycles. The molecule has 3 N–H and O–H groups in total. The molecule has 0 unspecified atom stereocenters. The summed E-state index contributed by atoms with van der Waals surface area (Å²) in [5.41, 5.74) is -0.171. The van der Waals surface area contributed by atoms with Gasteiger partial charge in [-0.15, -0.1) is 0 Å². The highest BCUT2D eigenvalue weighted by Crippen LogP contribution is 2.26. The molecule has 20 heavy (non-hydrogen) atoms. The molecule has 0 aliphatic heterocycles. The van der Waals surface area contributed by atoms with Crippen molar-refractivity contribution in [1.82, 2.24) is 10.0 Å². The van der Waals surface area contributed by atoms with Gasteiger partial charge in [0.05, 0.1) is 16.4 Å². The van der Waals surface area contributed by atoms with Gasteiger partial charge in [0.25, 0.3) is 5.69 Å². The zero-order chi connectivity index (χ0) is 15.3. The summed E-state index contributed by atoms with van der Waals surface area (Å²) >= 11 is 0. The summed E-state index contributed by atoms with van der Waals surface area (Å²) in [5, 5.41) is 15.7. The molecule has 0 fully saturated rings. The number of nitro groups is 1. The number of nitrogens with zero attached hydrogens (tertiary/aromatic N) is 1. The molecule has 1 aromatic rings. The van der Waals surface area contributed by atoms with Gasteiger partial charge in [-0.3, -0.25) is 14.9 Å². The number of anilines is 1. The highest BCUT2D eigenvalue weighted by atomic mass is 32.2. The monoisotopic (exact) mass is 302 g/mol. The summed E-state index contributed by atoms with van der Waals surface area (Å²) in [6.45, 7) is -0.444. The van der Waals surface area contributed by atoms with Gasteiger partial charge in [0, 0.05) is 20.2 Å². The van der Waals surface area contributed by atoms with Crippen molar-refractivity contribution in [2.75, 3.05) is 26.0 Å². The standard InChI is InChI=1S/C10H14N4O5S/c1-11-8-4-3-7(5-9(8)14(16)17)20(18,19)13-6-10(15)12-2/h3-5,11,13H,6H2,1-2H3,(H,12,15). The predicted octanol–water partition coefficient (Wildman–Crippen LogP) is -0.339. The summed E-state index contributed by atoms with van der Waals surface area (Å²) < 4.78 is 25.8. The lowest BCUT2D eigenvalue weighted by Gasteiger charge is -2.07. The number of carbonyl (C=O) groups is 1. The Morgan fingerprint density at radius 2 is 2.00 bits per heavy atom. The van der Waals surface area contributed by atoms with E-state index in [2.05, 4.69) is 10.6 Å². The van der Waals surface area contributed by atoms with E-state index in [0.29, 0.717) is 0 Å². The van der Waals surface area contributed by atoms with Gasteiger partial charge < -0.3 is 10.6 Å². The molecule has 10 heteroatoms. The van der Waals surface area contributed by atoms with E-state index in [4.69, 9.17) is 0 Å². The van der Waals surface area contributed by atoms with Gasteiger partial charge >= 0.3 is 0 Å². The number of benzene rings is 1. The van der Waals surface area contributed by atoms with Gasteiger partial charge in [0.1, 0.15) is 5.69 Å². The van der Waals surface area contributed by atoms with Gasteiger partial charge in [-0.05, 0) is 12.1 Å². The third-order valence-corrected chi connectivity index (χ3v) is 3.85. The van der Waals surface area contributed by atoms with Crippen LogP contribution in [0.3, 0.4) is 0 Å². The maximum Gasteiger partial charge on any atom is 0.293 e. The average molecular weight is 302 g/mol. The minimum atomic E-state index is -3.99. The van der Waals surface area contributed by atoms with E-state index in [1.54, 1.807) is 0 Å². The number of nitrogens with one attached hydrogen (secondary N) is 3. The number of carbonyl (C=O) groups excluding carboxylic acids is 1. The van der Waals surface area contributed by atoms with Crippen molar-refractivity contribution in [2.24, 2.45) is 0 Å². The molecule has 0 aliphatic carbocycles. The first-order valence-corrected chi connectivity index (χ1v) is 6.96. The Kier molecular flexibility index (Phi) is 5.00. The zero-order valence-electron chi connectivity index (χ0n) is 10.8. The Morgan fingerprint density at radius 1 is 1.35 bits per heavy atom. The number of hydrogen-bond donors (Lipinski definition) is 3. The van der Waals surface area contributed by atoms with Crippen molar-refractivity contribution in [3.05, 3.63) is 28.3 Å². The Labute approximate surface area is 115 Å². The van der Waals surface area contributed by atoms with E-state index in [9.17, 15) is 23.3 Å². The van der Waals surface area contributed by atoms with Crippen LogP contribution in [0.15, 0.2) is 23.1 Å². The first-order valence-electron chi connectivity index (χ1n) is 5.48. The van der Waals surface area contributed by atoms with Gasteiger partial charge in [-0.1, -0.05) is 0 Å². The van der Waals surface area contributed by atoms with Crippen LogP contribution >= 0.6 is 0 Å². The topological polar surface area (TPSA) is 130 Å². The van der Waals surface area contributed by atoms with E-state index in [0.717, 1.165) is 6.07 Å². The Balaban J connectivity index is 3.10. The van der Waals surface area contributed by atoms with E-state index in [1.807, 2.05) is 4.72 Å². The third kappa shape index (κ3) is 3.65. The van der Waals surface area contributed by atoms with Gasteiger partial charge in [0.2, 0.25) is 15.9 Å². The molecule has 0 atom stereocenters. The van der Waals surface area contributed by atoms with Crippen LogP contribution in [0, 0.1) is 10.1 Å². The fourth-order valence-electron chi connectivity index (χ4n) is 1.37. The largest absolute Gasteiger partial charge is 0.383 e. The lowest BCUT2D eigenvalue weighted by Crippen LogP contribution is -2.35. The SMILES string of the molecule is CNC(=O)CNS(=O)(=O)c1ccc(NC)c([N+](=O)[O-])c1. The molecule has 0 heterocycles. The summed E-state index contributed by atoms with van der Waals surface area (Å²) in [6, 6.07) is 3.43. The Morgan fingerprint density at radius 3 is 2.50 bits per heavy atom. The molecule has 0 saturated carbocycles. The molecule has 0 aliphatic rings. The summed E-state index contributed by atoms with van der Waals surface area (Å²) in [4.78, 5) is 20.9. The molecular formula is C10H14N4O5S. The predicted molar refractivity (Wildman–Crippen MR) is 71.9 cm³/mol. The molecule has 0 radical (unpaired) electrons. The molecule has 9 nitrogen and oxygen atoms in total. The number of sulfonamides is 1. The quantitative estimate of drug-likeness (QED) is 0.487. The van der Waals surface area contributed by atoms with Crippen LogP contribution in [0.25, 0.3) is 0 Å². The van der Waals surface area contributed by atoms with Crippen LogP contribution in [0.4, 0.5) is 11.4 Å². The summed E-state index contributed by atoms with van der Waals surface area (Å²) in [7, 11) is -1.14. The molecule has 1 rings (SSSR count). The zero-order valence-corrected chi connectivity index (χ0v) is 11.7. The van der Waals surface area contributed by atoms with Crippen molar-refractivity contribution in [3.63, 3.8) is 0 Å². The highest BCUT2D eigenvalue weighted by molar-refractivity contribution is 7.89. The fraction of sp³-hybridized carbons (Fsp3) is 0.300. The van der Waals surface area contributed by atoms with Gasteiger partial charge in [-0.2, -0.15) is 0 Å². The second kappa shape index (κ2) is 6.30. The summed E-state index contributed by atoms with van der Waals surface area (Å²) in [6.07, 6.45) is 0. The number of nitro benzene ring substituents is 1. The van der Waals surface area contributed by atoms with E-state index in [-0.39, 0.29) is 16.3 Å². The van der Waals surface area contributed by atoms with Crippen LogP contribution in [0.1, 0.15) is 0 Å². The third-order valence-electron chi connectivity index (χ3n) is 2.45. The fourth-order valence-corrected chi connectivity index (χ4v) is 2.38. The first-order chi connectivity index (χ1) is 9.31. The van der Waals surface area contributed by atoms with Crippen LogP contribution in [-0.4, -0.2) is 39.9 Å². The minimum absolute atomic E-state index is 0.195. The van der Waals surface area contributed by atoms with E-state index >= 15 is 0 Å². The van der Waals surface area contributed by atoms with Gasteiger partial charge in [-0.25, -0.2) is 13.1 Å². The Hall–Kier alpha value is -2.20. The number of amides is 1. The first kappa shape index (κ1) is 15.9. The summed E-state index contributed by atoms with van der Waals surface area (Å²) in [5.74, 6) is -0.519. The van der Waals surface area contributed by atoms with Crippen LogP contribution in [0.2, 0.25) is 0 Å². The van der Waals surface area contributed by atoms with E-state index in [1.165, 1.54) is 26.2 Å². The van der Waals surface area contributed by atoms with Crippen LogP contribution in [0.5, 0.6) is 0 Å². The molecule has 0 bridgehead atoms. The van der Waals surface area contributed by atoms with Crippen molar-refractivity contribution in [3.8, 4) is 0 Å². The molecule has 0 aromatic heterocycles. The van der Waals surface area contributed by atoms with Crippen molar-refractivity contribution in [1.29, 1.82) is 0 Å². The lowest BCUT2D eigenvalue weighted by molar-refractivity contribution is -0.384. The highest BCUT2D eigenvalue weighted by Gasteiger charge is 2.21. The second-order valence-electron chi connectivity index (χ2n) is 3.68. The van der Waals surface area contributed by atoms with E-state index < -0.39 is 27.4 Å².